The Morgan fingerprint density at radius 1 is 0.794 bits per heavy atom. The van der Waals surface area contributed by atoms with Crippen molar-refractivity contribution in [2.45, 2.75) is 98.8 Å². The van der Waals surface area contributed by atoms with E-state index in [0.717, 1.165) is 52.0 Å². The van der Waals surface area contributed by atoms with E-state index in [1.807, 2.05) is 6.92 Å². The van der Waals surface area contributed by atoms with Crippen LogP contribution in [0.2, 0.25) is 0 Å². The molecule has 1 fully saturated rings. The zero-order valence-electron chi connectivity index (χ0n) is 22.1. The first-order valence-electron chi connectivity index (χ1n) is 12.3. The molecular formula is C24H50N2O8. The Labute approximate surface area is 206 Å². The molecule has 0 spiro atoms. The number of hydrogen-bond donors (Lipinski definition) is 4. The predicted molar refractivity (Wildman–Crippen MR) is 132 cm³/mol. The normalized spacial score (nSPS) is 13.8. The number of amides is 2. The molecule has 10 heteroatoms. The fourth-order valence-corrected chi connectivity index (χ4v) is 2.02. The Bertz CT molecular complexity index is 427. The van der Waals surface area contributed by atoms with Crippen LogP contribution in [0.3, 0.4) is 0 Å². The van der Waals surface area contributed by atoms with Gasteiger partial charge in [-0.25, -0.2) is 4.79 Å². The quantitative estimate of drug-likeness (QED) is 0.118. The summed E-state index contributed by atoms with van der Waals surface area (Å²) in [6, 6.07) is -0.0463. The molecule has 4 N–H and O–H groups in total. The summed E-state index contributed by atoms with van der Waals surface area (Å²) in [5.41, 5.74) is 0. The van der Waals surface area contributed by atoms with Gasteiger partial charge in [0.05, 0.1) is 0 Å². The third-order valence-electron chi connectivity index (χ3n) is 4.06. The van der Waals surface area contributed by atoms with E-state index >= 15 is 0 Å². The van der Waals surface area contributed by atoms with Gasteiger partial charge >= 0.3 is 6.03 Å². The molecule has 2 unspecified atom stereocenters. The van der Waals surface area contributed by atoms with E-state index in [-0.39, 0.29) is 24.9 Å². The molecule has 204 valence electrons. The first kappa shape index (κ1) is 37.0. The summed E-state index contributed by atoms with van der Waals surface area (Å²) in [5.74, 6) is 0.448. The fourth-order valence-electron chi connectivity index (χ4n) is 2.02. The van der Waals surface area contributed by atoms with Crippen LogP contribution in [0.15, 0.2) is 0 Å². The number of rotatable bonds is 15. The highest BCUT2D eigenvalue weighted by molar-refractivity contribution is 6.09. The van der Waals surface area contributed by atoms with Crippen molar-refractivity contribution in [2.24, 2.45) is 5.92 Å². The number of carbonyl (C=O) groups is 3. The molecule has 10 nitrogen and oxygen atoms in total. The highest BCUT2D eigenvalue weighted by Gasteiger charge is 2.13. The number of ether oxygens (including phenoxy) is 3. The highest BCUT2D eigenvalue weighted by Crippen LogP contribution is 2.10. The van der Waals surface area contributed by atoms with E-state index in [0.29, 0.717) is 12.5 Å². The van der Waals surface area contributed by atoms with Crippen LogP contribution in [0.5, 0.6) is 0 Å². The lowest BCUT2D eigenvalue weighted by Gasteiger charge is -2.21. The van der Waals surface area contributed by atoms with Crippen LogP contribution >= 0.6 is 0 Å². The third kappa shape index (κ3) is 30.4. The number of aldehydes is 2. The standard InChI is InChI=1S/C12H26O2.C7H16O3.C3H6N2O.C2H2O2/c1-5-7-9-13-12(11(3)4)14-10-8-6-2;1-3-4-5-10-7(9)6(2)8;6-3-4-1-2-5-3;3-1-2-4/h11-12H,5-10H2,1-4H3;6-9H,3-5H2,1-2H3;1-2H2,(H2,4,5,6);1-2H. The lowest BCUT2D eigenvalue weighted by atomic mass is 10.2. The number of carbonyl (C=O) groups excluding carboxylic acids is 3. The second kappa shape index (κ2) is 29.4. The molecule has 1 saturated heterocycles. The Morgan fingerprint density at radius 2 is 1.18 bits per heavy atom. The molecule has 0 saturated carbocycles. The molecular weight excluding hydrogens is 444 g/mol. The van der Waals surface area contributed by atoms with Crippen molar-refractivity contribution in [3.8, 4) is 0 Å². The van der Waals surface area contributed by atoms with Gasteiger partial charge < -0.3 is 35.1 Å². The predicted octanol–water partition coefficient (Wildman–Crippen LogP) is 2.79. The Hall–Kier alpha value is -1.59. The molecule has 2 atom stereocenters. The minimum atomic E-state index is -1.02. The van der Waals surface area contributed by atoms with Crippen LogP contribution in [0.1, 0.15) is 80.1 Å². The third-order valence-corrected chi connectivity index (χ3v) is 4.06. The van der Waals surface area contributed by atoms with Gasteiger partial charge in [-0.3, -0.25) is 9.59 Å². The second-order valence-corrected chi connectivity index (χ2v) is 7.87. The average Bonchev–Trinajstić information content (AvgIpc) is 3.30. The maximum absolute atomic E-state index is 10.0. The summed E-state index contributed by atoms with van der Waals surface area (Å²) in [7, 11) is 0. The van der Waals surface area contributed by atoms with Gasteiger partial charge in [-0.05, 0) is 26.2 Å². The molecule has 1 aliphatic rings. The van der Waals surface area contributed by atoms with Crippen molar-refractivity contribution >= 4 is 18.6 Å². The number of unbranched alkanes of at least 4 members (excludes halogenated alkanes) is 3. The summed E-state index contributed by atoms with van der Waals surface area (Å²) in [6.07, 6.45) is 5.13. The second-order valence-electron chi connectivity index (χ2n) is 7.87. The van der Waals surface area contributed by atoms with Crippen molar-refractivity contribution < 1.29 is 38.8 Å². The van der Waals surface area contributed by atoms with Gasteiger partial charge in [-0.2, -0.15) is 0 Å². The minimum Gasteiger partial charge on any atom is -0.388 e. The first-order valence-corrected chi connectivity index (χ1v) is 12.3. The number of hydrogen-bond acceptors (Lipinski definition) is 8. The summed E-state index contributed by atoms with van der Waals surface area (Å²) < 4.78 is 16.2. The lowest BCUT2D eigenvalue weighted by Crippen LogP contribution is -2.25. The number of aliphatic hydroxyl groups excluding tert-OH is 2. The van der Waals surface area contributed by atoms with E-state index < -0.39 is 12.4 Å². The van der Waals surface area contributed by atoms with Crippen LogP contribution < -0.4 is 10.6 Å². The van der Waals surface area contributed by atoms with Crippen molar-refractivity contribution in [1.82, 2.24) is 10.6 Å². The molecule has 0 aromatic rings. The Balaban J connectivity index is -0.000000415. The SMILES string of the molecule is CCCCOC(O)C(C)O.CCCCOC(OCCCC)C(C)C.O=C1NCCN1.O=CC=O. The largest absolute Gasteiger partial charge is 0.388 e. The molecule has 0 aromatic carbocycles. The van der Waals surface area contributed by atoms with Crippen LogP contribution in [-0.4, -0.2) is 80.4 Å². The first-order chi connectivity index (χ1) is 16.2. The van der Waals surface area contributed by atoms with Crippen LogP contribution in [0.4, 0.5) is 4.79 Å². The van der Waals surface area contributed by atoms with Crippen LogP contribution in [0, 0.1) is 5.92 Å². The maximum Gasteiger partial charge on any atom is 0.314 e. The van der Waals surface area contributed by atoms with Crippen molar-refractivity contribution in [2.75, 3.05) is 32.9 Å². The molecule has 0 bridgehead atoms. The molecule has 1 rings (SSSR count). The fraction of sp³-hybridized carbons (Fsp3) is 0.875. The number of urea groups is 1. The van der Waals surface area contributed by atoms with Crippen molar-refractivity contribution in [3.05, 3.63) is 0 Å². The van der Waals surface area contributed by atoms with Gasteiger partial charge in [0.25, 0.3) is 0 Å². The smallest absolute Gasteiger partial charge is 0.314 e. The monoisotopic (exact) mass is 494 g/mol. The zero-order chi connectivity index (χ0) is 26.6. The van der Waals surface area contributed by atoms with Crippen molar-refractivity contribution in [1.29, 1.82) is 0 Å². The summed E-state index contributed by atoms with van der Waals surface area (Å²) in [4.78, 5) is 27.6. The summed E-state index contributed by atoms with van der Waals surface area (Å²) in [6.45, 7) is 15.9. The number of aliphatic hydroxyl groups is 2. The molecule has 0 aliphatic carbocycles. The molecule has 0 aromatic heterocycles. The Kier molecular flexibility index (Phi) is 32.0. The average molecular weight is 495 g/mol. The van der Waals surface area contributed by atoms with E-state index in [9.17, 15) is 4.79 Å². The summed E-state index contributed by atoms with van der Waals surface area (Å²) >= 11 is 0. The van der Waals surface area contributed by atoms with Crippen molar-refractivity contribution in [3.63, 3.8) is 0 Å². The molecule has 1 aliphatic heterocycles. The van der Waals surface area contributed by atoms with Gasteiger partial charge in [-0.1, -0.05) is 53.9 Å². The lowest BCUT2D eigenvalue weighted by molar-refractivity contribution is -0.166. The van der Waals surface area contributed by atoms with E-state index in [1.54, 1.807) is 0 Å². The summed E-state index contributed by atoms with van der Waals surface area (Å²) in [5, 5.41) is 22.8. The minimum absolute atomic E-state index is 0.00639. The van der Waals surface area contributed by atoms with E-state index in [1.165, 1.54) is 19.8 Å². The molecule has 1 heterocycles. The van der Waals surface area contributed by atoms with Crippen LogP contribution in [-0.2, 0) is 23.8 Å². The highest BCUT2D eigenvalue weighted by atomic mass is 16.7. The molecule has 0 radical (unpaired) electrons. The van der Waals surface area contributed by atoms with E-state index in [2.05, 4.69) is 38.3 Å². The van der Waals surface area contributed by atoms with Gasteiger partial charge in [0, 0.05) is 38.8 Å². The van der Waals surface area contributed by atoms with Gasteiger partial charge in [-0.15, -0.1) is 0 Å². The maximum atomic E-state index is 10.0. The van der Waals surface area contributed by atoms with E-state index in [4.69, 9.17) is 34.0 Å². The van der Waals surface area contributed by atoms with Gasteiger partial charge in [0.1, 0.15) is 6.10 Å². The topological polar surface area (TPSA) is 143 Å². The number of nitrogens with one attached hydrogen (secondary N) is 2. The van der Waals surface area contributed by atoms with Gasteiger partial charge in [0.15, 0.2) is 25.2 Å². The van der Waals surface area contributed by atoms with Crippen LogP contribution in [0.25, 0.3) is 0 Å². The molecule has 2 amide bonds. The van der Waals surface area contributed by atoms with Gasteiger partial charge in [0.2, 0.25) is 0 Å². The Morgan fingerprint density at radius 3 is 1.41 bits per heavy atom. The molecule has 34 heavy (non-hydrogen) atoms. The zero-order valence-corrected chi connectivity index (χ0v) is 22.1.